The number of allylic oxidation sites excluding steroid dienone is 1. The molecular formula is C22H22F2N4O2S. The van der Waals surface area contributed by atoms with Crippen molar-refractivity contribution < 1.29 is 18.3 Å². The van der Waals surface area contributed by atoms with Crippen LogP contribution in [0.5, 0.6) is 5.75 Å². The van der Waals surface area contributed by atoms with Gasteiger partial charge in [-0.2, -0.15) is 5.10 Å². The number of hydrogen-bond donors (Lipinski definition) is 0. The van der Waals surface area contributed by atoms with Crippen molar-refractivity contribution in [1.82, 2.24) is 19.7 Å². The molecule has 0 spiro atoms. The first kappa shape index (κ1) is 22.6. The van der Waals surface area contributed by atoms with E-state index in [0.29, 0.717) is 28.5 Å². The summed E-state index contributed by atoms with van der Waals surface area (Å²) in [7, 11) is 3.33. The van der Waals surface area contributed by atoms with Crippen molar-refractivity contribution in [3.05, 3.63) is 70.3 Å². The van der Waals surface area contributed by atoms with Gasteiger partial charge in [-0.3, -0.25) is 9.48 Å². The van der Waals surface area contributed by atoms with E-state index in [1.165, 1.54) is 23.9 Å². The highest BCUT2D eigenvalue weighted by Gasteiger charge is 2.13. The van der Waals surface area contributed by atoms with Crippen LogP contribution in [0, 0.1) is 13.8 Å². The SMILES string of the molecule is COc1ccc(/C=C/C(=O)c2cn(C)nc2C)cc1CSc1nc(C)cc(C(F)F)n1. The molecule has 0 saturated carbocycles. The maximum Gasteiger partial charge on any atom is 0.280 e. The lowest BCUT2D eigenvalue weighted by Gasteiger charge is -2.10. The zero-order chi connectivity index (χ0) is 22.5. The summed E-state index contributed by atoms with van der Waals surface area (Å²) in [6.07, 6.45) is 2.26. The molecule has 0 amide bonds. The fourth-order valence-electron chi connectivity index (χ4n) is 3.00. The minimum atomic E-state index is -2.65. The van der Waals surface area contributed by atoms with Crippen LogP contribution in [0.2, 0.25) is 0 Å². The number of ether oxygens (including phenoxy) is 1. The number of thioether (sulfide) groups is 1. The zero-order valence-electron chi connectivity index (χ0n) is 17.6. The van der Waals surface area contributed by atoms with Crippen molar-refractivity contribution in [3.8, 4) is 5.75 Å². The van der Waals surface area contributed by atoms with Gasteiger partial charge in [-0.1, -0.05) is 23.9 Å². The molecular weight excluding hydrogens is 422 g/mol. The van der Waals surface area contributed by atoms with Crippen LogP contribution < -0.4 is 4.74 Å². The average Bonchev–Trinajstić information content (AvgIpc) is 3.08. The number of methoxy groups -OCH3 is 1. The molecule has 0 radical (unpaired) electrons. The van der Waals surface area contributed by atoms with Crippen molar-refractivity contribution in [2.75, 3.05) is 7.11 Å². The topological polar surface area (TPSA) is 69.9 Å². The minimum absolute atomic E-state index is 0.134. The van der Waals surface area contributed by atoms with Crippen LogP contribution in [0.15, 0.2) is 41.7 Å². The summed E-state index contributed by atoms with van der Waals surface area (Å²) in [5.74, 6) is 0.943. The highest BCUT2D eigenvalue weighted by molar-refractivity contribution is 7.98. The van der Waals surface area contributed by atoms with Gasteiger partial charge in [0.05, 0.1) is 18.4 Å². The third kappa shape index (κ3) is 5.75. The largest absolute Gasteiger partial charge is 0.496 e. The Kier molecular flexibility index (Phi) is 7.17. The van der Waals surface area contributed by atoms with Gasteiger partial charge in [0.1, 0.15) is 11.4 Å². The normalized spacial score (nSPS) is 11.5. The third-order valence-corrected chi connectivity index (χ3v) is 5.34. The number of benzene rings is 1. The van der Waals surface area contributed by atoms with E-state index < -0.39 is 6.43 Å². The number of carbonyl (C=O) groups is 1. The second-order valence-electron chi connectivity index (χ2n) is 6.88. The lowest BCUT2D eigenvalue weighted by molar-refractivity contribution is 0.104. The van der Waals surface area contributed by atoms with Crippen LogP contribution >= 0.6 is 11.8 Å². The first-order valence-electron chi connectivity index (χ1n) is 9.43. The molecule has 6 nitrogen and oxygen atoms in total. The number of aromatic nitrogens is 4. The molecule has 0 aliphatic rings. The van der Waals surface area contributed by atoms with Gasteiger partial charge in [0.2, 0.25) is 0 Å². The van der Waals surface area contributed by atoms with Crippen molar-refractivity contribution in [3.63, 3.8) is 0 Å². The Labute approximate surface area is 183 Å². The van der Waals surface area contributed by atoms with Gasteiger partial charge in [-0.25, -0.2) is 18.7 Å². The maximum absolute atomic E-state index is 13.0. The molecule has 0 N–H and O–H groups in total. The molecule has 0 saturated heterocycles. The van der Waals surface area contributed by atoms with Gasteiger partial charge >= 0.3 is 0 Å². The van der Waals surface area contributed by atoms with E-state index in [9.17, 15) is 13.6 Å². The second-order valence-corrected chi connectivity index (χ2v) is 7.82. The van der Waals surface area contributed by atoms with Gasteiger partial charge in [0.25, 0.3) is 6.43 Å². The van der Waals surface area contributed by atoms with E-state index in [1.807, 2.05) is 12.1 Å². The highest BCUT2D eigenvalue weighted by atomic mass is 32.2. The quantitative estimate of drug-likeness (QED) is 0.212. The average molecular weight is 445 g/mol. The van der Waals surface area contributed by atoms with Crippen molar-refractivity contribution in [2.24, 2.45) is 7.05 Å². The van der Waals surface area contributed by atoms with Crippen molar-refractivity contribution in [1.29, 1.82) is 0 Å². The molecule has 3 aromatic rings. The van der Waals surface area contributed by atoms with Gasteiger partial charge in [-0.05, 0) is 43.7 Å². The molecule has 1 aromatic carbocycles. The summed E-state index contributed by atoms with van der Waals surface area (Å²) in [6, 6.07) is 6.80. The number of carbonyl (C=O) groups excluding carboxylic acids is 1. The third-order valence-electron chi connectivity index (χ3n) is 4.44. The van der Waals surface area contributed by atoms with Crippen LogP contribution in [0.4, 0.5) is 8.78 Å². The van der Waals surface area contributed by atoms with Crippen LogP contribution in [0.25, 0.3) is 6.08 Å². The minimum Gasteiger partial charge on any atom is -0.496 e. The number of halogens is 2. The number of hydrogen-bond acceptors (Lipinski definition) is 6. The van der Waals surface area contributed by atoms with Gasteiger partial charge in [-0.15, -0.1) is 0 Å². The molecule has 0 bridgehead atoms. The Bertz CT molecular complexity index is 1130. The molecule has 0 fully saturated rings. The molecule has 0 unspecified atom stereocenters. The number of nitrogens with zero attached hydrogens (tertiary/aromatic N) is 4. The predicted molar refractivity (Wildman–Crippen MR) is 116 cm³/mol. The molecule has 0 atom stereocenters. The van der Waals surface area contributed by atoms with Crippen LogP contribution in [-0.4, -0.2) is 32.6 Å². The van der Waals surface area contributed by atoms with E-state index in [-0.39, 0.29) is 16.6 Å². The number of alkyl halides is 2. The molecule has 2 aromatic heterocycles. The van der Waals surface area contributed by atoms with Crippen molar-refractivity contribution in [2.45, 2.75) is 31.2 Å². The molecule has 2 heterocycles. The standard InChI is InChI=1S/C22H22F2N4O2S/c1-13-9-18(21(23)24)26-22(25-13)31-12-16-10-15(6-8-20(16)30-4)5-7-19(29)17-11-28(3)27-14(17)2/h5-11,21H,12H2,1-4H3/b7-5+. The zero-order valence-corrected chi connectivity index (χ0v) is 18.4. The number of ketones is 1. The first-order chi connectivity index (χ1) is 14.8. The fourth-order valence-corrected chi connectivity index (χ4v) is 3.89. The molecule has 0 aliphatic heterocycles. The molecule has 3 rings (SSSR count). The highest BCUT2D eigenvalue weighted by Crippen LogP contribution is 2.29. The van der Waals surface area contributed by atoms with E-state index in [1.54, 1.807) is 51.0 Å². The van der Waals surface area contributed by atoms with Crippen LogP contribution in [0.3, 0.4) is 0 Å². The summed E-state index contributed by atoms with van der Waals surface area (Å²) < 4.78 is 33.0. The Balaban J connectivity index is 1.78. The Hall–Kier alpha value is -3.07. The van der Waals surface area contributed by atoms with Crippen LogP contribution in [0.1, 0.15) is 45.0 Å². The molecule has 162 valence electrons. The van der Waals surface area contributed by atoms with Crippen LogP contribution in [-0.2, 0) is 12.8 Å². The Morgan fingerprint density at radius 3 is 2.68 bits per heavy atom. The van der Waals surface area contributed by atoms with E-state index in [4.69, 9.17) is 4.74 Å². The fraction of sp³-hybridized carbons (Fsp3) is 0.273. The molecule has 9 heteroatoms. The van der Waals surface area contributed by atoms with E-state index in [2.05, 4.69) is 15.1 Å². The first-order valence-corrected chi connectivity index (χ1v) is 10.4. The van der Waals surface area contributed by atoms with Gasteiger partial charge in [0, 0.05) is 30.3 Å². The molecule has 31 heavy (non-hydrogen) atoms. The lowest BCUT2D eigenvalue weighted by atomic mass is 10.1. The van der Waals surface area contributed by atoms with Gasteiger partial charge < -0.3 is 4.74 Å². The molecule has 0 aliphatic carbocycles. The number of aryl methyl sites for hydroxylation is 3. The summed E-state index contributed by atoms with van der Waals surface area (Å²) in [4.78, 5) is 20.6. The summed E-state index contributed by atoms with van der Waals surface area (Å²) in [6.45, 7) is 3.45. The second kappa shape index (κ2) is 9.82. The monoisotopic (exact) mass is 444 g/mol. The van der Waals surface area contributed by atoms with E-state index >= 15 is 0 Å². The van der Waals surface area contributed by atoms with Crippen molar-refractivity contribution >= 4 is 23.6 Å². The lowest BCUT2D eigenvalue weighted by Crippen LogP contribution is -1.98. The summed E-state index contributed by atoms with van der Waals surface area (Å²) >= 11 is 1.25. The summed E-state index contributed by atoms with van der Waals surface area (Å²) in [5.41, 5.74) is 3.07. The smallest absolute Gasteiger partial charge is 0.280 e. The predicted octanol–water partition coefficient (Wildman–Crippen LogP) is 4.96. The number of rotatable bonds is 8. The Morgan fingerprint density at radius 1 is 1.26 bits per heavy atom. The maximum atomic E-state index is 13.0. The van der Waals surface area contributed by atoms with Gasteiger partial charge in [0.15, 0.2) is 10.9 Å². The Morgan fingerprint density at radius 2 is 2.03 bits per heavy atom. The van der Waals surface area contributed by atoms with E-state index in [0.717, 1.165) is 11.1 Å². The summed E-state index contributed by atoms with van der Waals surface area (Å²) in [5, 5.41) is 4.46.